The quantitative estimate of drug-likeness (QED) is 0.670. The molecule has 0 aromatic heterocycles. The predicted octanol–water partition coefficient (Wildman–Crippen LogP) is 3.83. The Kier molecular flexibility index (Phi) is 4.42. The lowest BCUT2D eigenvalue weighted by atomic mass is 10.1. The van der Waals surface area contributed by atoms with Gasteiger partial charge < -0.3 is 10.1 Å². The summed E-state index contributed by atoms with van der Waals surface area (Å²) in [5.41, 5.74) is 3.98. The third kappa shape index (κ3) is 3.51. The first kappa shape index (κ1) is 14.8. The van der Waals surface area contributed by atoms with Crippen molar-refractivity contribution in [2.75, 3.05) is 12.4 Å². The molecule has 0 bridgehead atoms. The number of nitrogens with one attached hydrogen (secondary N) is 1. The van der Waals surface area contributed by atoms with Crippen molar-refractivity contribution in [2.24, 2.45) is 0 Å². The fourth-order valence-corrected chi connectivity index (χ4v) is 2.17. The molecule has 2 aromatic carbocycles. The maximum absolute atomic E-state index is 11.1. The van der Waals surface area contributed by atoms with Gasteiger partial charge >= 0.3 is 0 Å². The Morgan fingerprint density at radius 3 is 2.57 bits per heavy atom. The highest BCUT2D eigenvalue weighted by Crippen LogP contribution is 2.29. The first-order valence-electron chi connectivity index (χ1n) is 6.63. The van der Waals surface area contributed by atoms with E-state index in [1.807, 2.05) is 26.0 Å². The van der Waals surface area contributed by atoms with Crippen LogP contribution in [-0.4, -0.2) is 12.0 Å². The van der Waals surface area contributed by atoms with E-state index in [0.717, 1.165) is 5.56 Å². The average molecular weight is 286 g/mol. The molecule has 0 aliphatic rings. The van der Waals surface area contributed by atoms with Crippen molar-refractivity contribution in [3.63, 3.8) is 0 Å². The Labute approximate surface area is 123 Å². The molecule has 5 nitrogen and oxygen atoms in total. The van der Waals surface area contributed by atoms with Crippen LogP contribution in [0.4, 0.5) is 11.4 Å². The largest absolute Gasteiger partial charge is 0.496 e. The van der Waals surface area contributed by atoms with Gasteiger partial charge in [-0.05, 0) is 37.1 Å². The number of nitro benzene ring substituents is 1. The third-order valence-corrected chi connectivity index (χ3v) is 3.37. The fraction of sp³-hybridized carbons (Fsp3) is 0.250. The van der Waals surface area contributed by atoms with E-state index in [1.165, 1.54) is 24.3 Å². The maximum Gasteiger partial charge on any atom is 0.296 e. The molecule has 2 rings (SSSR count). The highest BCUT2D eigenvalue weighted by molar-refractivity contribution is 5.64. The topological polar surface area (TPSA) is 64.4 Å². The van der Waals surface area contributed by atoms with E-state index in [0.29, 0.717) is 18.0 Å². The van der Waals surface area contributed by atoms with Crippen LogP contribution in [0.1, 0.15) is 16.7 Å². The minimum absolute atomic E-state index is 0.0131. The molecular formula is C16H18N2O3. The van der Waals surface area contributed by atoms with Gasteiger partial charge in [-0.1, -0.05) is 23.8 Å². The van der Waals surface area contributed by atoms with Crippen LogP contribution in [0.2, 0.25) is 0 Å². The summed E-state index contributed by atoms with van der Waals surface area (Å²) in [7, 11) is 1.49. The van der Waals surface area contributed by atoms with Crippen molar-refractivity contribution in [1.82, 2.24) is 0 Å². The number of anilines is 1. The van der Waals surface area contributed by atoms with Crippen LogP contribution in [0.3, 0.4) is 0 Å². The molecule has 0 radical (unpaired) electrons. The maximum atomic E-state index is 11.1. The number of hydrogen-bond donors (Lipinski definition) is 1. The Morgan fingerprint density at radius 1 is 1.19 bits per heavy atom. The Balaban J connectivity index is 2.21. The lowest BCUT2D eigenvalue weighted by Gasteiger charge is -2.11. The summed E-state index contributed by atoms with van der Waals surface area (Å²) in [5.74, 6) is 0.471. The first-order chi connectivity index (χ1) is 10.0. The molecule has 0 aliphatic carbocycles. The van der Waals surface area contributed by atoms with Crippen molar-refractivity contribution < 1.29 is 9.66 Å². The van der Waals surface area contributed by atoms with E-state index in [1.54, 1.807) is 12.1 Å². The molecule has 0 saturated heterocycles. The Hall–Kier alpha value is -2.56. The van der Waals surface area contributed by atoms with Crippen molar-refractivity contribution in [2.45, 2.75) is 20.4 Å². The van der Waals surface area contributed by atoms with E-state index in [4.69, 9.17) is 4.74 Å². The van der Waals surface area contributed by atoms with E-state index >= 15 is 0 Å². The number of aryl methyl sites for hydroxylation is 2. The molecule has 5 heteroatoms. The third-order valence-electron chi connectivity index (χ3n) is 3.37. The van der Waals surface area contributed by atoms with Gasteiger partial charge in [0, 0.05) is 6.54 Å². The van der Waals surface area contributed by atoms with E-state index in [9.17, 15) is 10.1 Å². The second-order valence-electron chi connectivity index (χ2n) is 4.92. The van der Waals surface area contributed by atoms with Crippen LogP contribution in [-0.2, 0) is 6.54 Å². The van der Waals surface area contributed by atoms with Crippen LogP contribution in [0.25, 0.3) is 0 Å². The first-order valence-corrected chi connectivity index (χ1v) is 6.63. The molecule has 1 N–H and O–H groups in total. The van der Waals surface area contributed by atoms with Crippen molar-refractivity contribution in [1.29, 1.82) is 0 Å². The van der Waals surface area contributed by atoms with E-state index in [-0.39, 0.29) is 5.69 Å². The van der Waals surface area contributed by atoms with Crippen LogP contribution in [0.15, 0.2) is 36.4 Å². The molecule has 0 fully saturated rings. The SMILES string of the molecule is COc1ccc(NCc2ccc(C)cc2C)c([N+](=O)[O-])c1. The molecule has 0 spiro atoms. The van der Waals surface area contributed by atoms with Crippen LogP contribution in [0.5, 0.6) is 5.75 Å². The van der Waals surface area contributed by atoms with Crippen LogP contribution >= 0.6 is 0 Å². The van der Waals surface area contributed by atoms with Gasteiger partial charge in [0.25, 0.3) is 5.69 Å². The lowest BCUT2D eigenvalue weighted by Crippen LogP contribution is -2.04. The van der Waals surface area contributed by atoms with Crippen LogP contribution in [0, 0.1) is 24.0 Å². The second-order valence-corrected chi connectivity index (χ2v) is 4.92. The zero-order chi connectivity index (χ0) is 15.4. The van der Waals surface area contributed by atoms with Gasteiger partial charge in [-0.3, -0.25) is 10.1 Å². The standard InChI is InChI=1S/C16H18N2O3/c1-11-4-5-13(12(2)8-11)10-17-15-7-6-14(21-3)9-16(15)18(19)20/h4-9,17H,10H2,1-3H3. The van der Waals surface area contributed by atoms with Gasteiger partial charge in [0.15, 0.2) is 0 Å². The molecule has 0 aliphatic heterocycles. The van der Waals surface area contributed by atoms with E-state index in [2.05, 4.69) is 11.4 Å². The molecule has 0 unspecified atom stereocenters. The predicted molar refractivity (Wildman–Crippen MR) is 82.9 cm³/mol. The van der Waals surface area contributed by atoms with Gasteiger partial charge in [-0.2, -0.15) is 0 Å². The normalized spacial score (nSPS) is 10.2. The molecule has 110 valence electrons. The van der Waals surface area contributed by atoms with Gasteiger partial charge in [-0.15, -0.1) is 0 Å². The van der Waals surface area contributed by atoms with Gasteiger partial charge in [0.2, 0.25) is 0 Å². The zero-order valence-electron chi connectivity index (χ0n) is 12.3. The van der Waals surface area contributed by atoms with Crippen molar-refractivity contribution in [3.8, 4) is 5.75 Å². The monoisotopic (exact) mass is 286 g/mol. The average Bonchev–Trinajstić information content (AvgIpc) is 2.46. The number of methoxy groups -OCH3 is 1. The zero-order valence-corrected chi connectivity index (χ0v) is 12.3. The summed E-state index contributed by atoms with van der Waals surface area (Å²) in [6.07, 6.45) is 0. The number of hydrogen-bond acceptors (Lipinski definition) is 4. The molecule has 0 amide bonds. The number of nitrogens with zero attached hydrogens (tertiary/aromatic N) is 1. The second kappa shape index (κ2) is 6.26. The molecule has 2 aromatic rings. The number of ether oxygens (including phenoxy) is 1. The van der Waals surface area contributed by atoms with Gasteiger partial charge in [0.05, 0.1) is 18.1 Å². The Morgan fingerprint density at radius 2 is 1.95 bits per heavy atom. The van der Waals surface area contributed by atoms with Crippen LogP contribution < -0.4 is 10.1 Å². The number of rotatable bonds is 5. The summed E-state index contributed by atoms with van der Waals surface area (Å²) >= 11 is 0. The highest BCUT2D eigenvalue weighted by Gasteiger charge is 2.15. The Bertz CT molecular complexity index is 669. The molecular weight excluding hydrogens is 268 g/mol. The highest BCUT2D eigenvalue weighted by atomic mass is 16.6. The fourth-order valence-electron chi connectivity index (χ4n) is 2.17. The van der Waals surface area contributed by atoms with E-state index < -0.39 is 4.92 Å². The number of nitro groups is 1. The molecule has 0 atom stereocenters. The number of benzene rings is 2. The molecule has 0 heterocycles. The summed E-state index contributed by atoms with van der Waals surface area (Å²) in [4.78, 5) is 10.7. The van der Waals surface area contributed by atoms with Crippen molar-refractivity contribution in [3.05, 3.63) is 63.2 Å². The minimum Gasteiger partial charge on any atom is -0.496 e. The smallest absolute Gasteiger partial charge is 0.296 e. The van der Waals surface area contributed by atoms with Gasteiger partial charge in [-0.25, -0.2) is 0 Å². The molecule has 21 heavy (non-hydrogen) atoms. The van der Waals surface area contributed by atoms with Gasteiger partial charge in [0.1, 0.15) is 11.4 Å². The lowest BCUT2D eigenvalue weighted by molar-refractivity contribution is -0.384. The summed E-state index contributed by atoms with van der Waals surface area (Å²) in [6.45, 7) is 4.62. The molecule has 0 saturated carbocycles. The van der Waals surface area contributed by atoms with Crippen molar-refractivity contribution >= 4 is 11.4 Å². The summed E-state index contributed by atoms with van der Waals surface area (Å²) < 4.78 is 5.02. The minimum atomic E-state index is -0.410. The summed E-state index contributed by atoms with van der Waals surface area (Å²) in [5, 5.41) is 14.2. The summed E-state index contributed by atoms with van der Waals surface area (Å²) in [6, 6.07) is 11.0.